The highest BCUT2D eigenvalue weighted by molar-refractivity contribution is 5.73. The second kappa shape index (κ2) is 7.80. The van der Waals surface area contributed by atoms with Crippen molar-refractivity contribution in [3.8, 4) is 11.8 Å². The number of ether oxygens (including phenoxy) is 1. The highest BCUT2D eigenvalue weighted by atomic mass is 16.5. The molecule has 0 bridgehead atoms. The van der Waals surface area contributed by atoms with Crippen LogP contribution in [-0.4, -0.2) is 11.0 Å². The Labute approximate surface area is 147 Å². The van der Waals surface area contributed by atoms with E-state index in [2.05, 4.69) is 4.98 Å². The molecule has 0 saturated carbocycles. The summed E-state index contributed by atoms with van der Waals surface area (Å²) in [6.07, 6.45) is 1.37. The Morgan fingerprint density at radius 1 is 1.28 bits per heavy atom. The summed E-state index contributed by atoms with van der Waals surface area (Å²) in [5.41, 5.74) is 3.85. The molecule has 0 unspecified atom stereocenters. The zero-order valence-corrected chi connectivity index (χ0v) is 15.0. The summed E-state index contributed by atoms with van der Waals surface area (Å²) in [7, 11) is 0. The Bertz CT molecular complexity index is 904. The van der Waals surface area contributed by atoms with Gasteiger partial charge in [0.25, 0.3) is 5.56 Å². The Morgan fingerprint density at radius 3 is 2.64 bits per heavy atom. The Morgan fingerprint density at radius 2 is 2.00 bits per heavy atom. The van der Waals surface area contributed by atoms with Crippen LogP contribution in [0.5, 0.6) is 5.75 Å². The van der Waals surface area contributed by atoms with E-state index in [1.54, 1.807) is 13.8 Å². The van der Waals surface area contributed by atoms with Crippen LogP contribution in [0.3, 0.4) is 0 Å². The van der Waals surface area contributed by atoms with E-state index in [0.717, 1.165) is 23.1 Å². The number of nitriles is 1. The van der Waals surface area contributed by atoms with Crippen molar-refractivity contribution in [3.05, 3.63) is 62.1 Å². The molecular formula is C20H22N2O3. The first-order valence-electron chi connectivity index (χ1n) is 8.30. The third-order valence-electron chi connectivity index (χ3n) is 4.33. The number of pyridine rings is 1. The van der Waals surface area contributed by atoms with E-state index in [-0.39, 0.29) is 18.0 Å². The maximum Gasteiger partial charge on any atom is 0.311 e. The number of aryl methyl sites for hydroxylation is 3. The van der Waals surface area contributed by atoms with Gasteiger partial charge in [0, 0.05) is 5.69 Å². The zero-order valence-electron chi connectivity index (χ0n) is 15.0. The number of carbonyl (C=O) groups is 1. The van der Waals surface area contributed by atoms with E-state index >= 15 is 0 Å². The van der Waals surface area contributed by atoms with Crippen molar-refractivity contribution in [3.63, 3.8) is 0 Å². The minimum absolute atomic E-state index is 0.0981. The summed E-state index contributed by atoms with van der Waals surface area (Å²) < 4.78 is 5.52. The molecule has 25 heavy (non-hydrogen) atoms. The highest BCUT2D eigenvalue weighted by Crippen LogP contribution is 2.22. The zero-order chi connectivity index (χ0) is 18.6. The summed E-state index contributed by atoms with van der Waals surface area (Å²) in [4.78, 5) is 26.7. The molecule has 0 saturated heterocycles. The fraction of sp³-hybridized carbons (Fsp3) is 0.350. The van der Waals surface area contributed by atoms with Gasteiger partial charge in [-0.2, -0.15) is 5.26 Å². The lowest BCUT2D eigenvalue weighted by Gasteiger charge is -2.12. The number of aromatic amines is 1. The molecule has 0 atom stereocenters. The molecule has 130 valence electrons. The Kier molecular flexibility index (Phi) is 5.76. The Balaban J connectivity index is 2.15. The van der Waals surface area contributed by atoms with Gasteiger partial charge < -0.3 is 9.72 Å². The van der Waals surface area contributed by atoms with Crippen LogP contribution < -0.4 is 10.3 Å². The largest absolute Gasteiger partial charge is 0.426 e. The van der Waals surface area contributed by atoms with Gasteiger partial charge in [-0.05, 0) is 61.9 Å². The average molecular weight is 338 g/mol. The SMILES string of the molecule is CCc1ccc(C)cc1OC(=O)CCc1c(C)[nH]c(=O)c(C#N)c1C. The number of hydrogen-bond donors (Lipinski definition) is 1. The molecular weight excluding hydrogens is 316 g/mol. The molecule has 0 amide bonds. The smallest absolute Gasteiger partial charge is 0.311 e. The number of benzene rings is 1. The number of nitrogens with zero attached hydrogens (tertiary/aromatic N) is 1. The van der Waals surface area contributed by atoms with Crippen LogP contribution in [0.1, 0.15) is 46.9 Å². The van der Waals surface area contributed by atoms with Crippen LogP contribution in [0.2, 0.25) is 0 Å². The maximum atomic E-state index is 12.3. The molecule has 2 aromatic rings. The summed E-state index contributed by atoms with van der Waals surface area (Å²) in [6.45, 7) is 7.47. The first-order valence-corrected chi connectivity index (χ1v) is 8.30. The van der Waals surface area contributed by atoms with Gasteiger partial charge >= 0.3 is 5.97 Å². The van der Waals surface area contributed by atoms with Crippen LogP contribution >= 0.6 is 0 Å². The third-order valence-corrected chi connectivity index (χ3v) is 4.33. The van der Waals surface area contributed by atoms with Crippen molar-refractivity contribution in [1.29, 1.82) is 5.26 Å². The van der Waals surface area contributed by atoms with E-state index < -0.39 is 5.56 Å². The summed E-state index contributed by atoms with van der Waals surface area (Å²) in [6, 6.07) is 7.74. The van der Waals surface area contributed by atoms with Crippen LogP contribution in [0, 0.1) is 32.1 Å². The molecule has 0 spiro atoms. The van der Waals surface area contributed by atoms with Gasteiger partial charge in [-0.15, -0.1) is 0 Å². The molecule has 2 rings (SSSR count). The standard InChI is InChI=1S/C20H22N2O3/c1-5-15-7-6-12(2)10-18(15)25-19(23)9-8-16-13(3)17(11-21)20(24)22-14(16)4/h6-7,10H,5,8-9H2,1-4H3,(H,22,24). The monoisotopic (exact) mass is 338 g/mol. The van der Waals surface area contributed by atoms with Crippen LogP contribution in [-0.2, 0) is 17.6 Å². The molecule has 1 N–H and O–H groups in total. The summed E-state index contributed by atoms with van der Waals surface area (Å²) >= 11 is 0. The first-order chi connectivity index (χ1) is 11.9. The van der Waals surface area contributed by atoms with Gasteiger partial charge in [0.2, 0.25) is 0 Å². The topological polar surface area (TPSA) is 83.0 Å². The van der Waals surface area contributed by atoms with E-state index in [0.29, 0.717) is 23.4 Å². The van der Waals surface area contributed by atoms with E-state index in [9.17, 15) is 9.59 Å². The maximum absolute atomic E-state index is 12.3. The molecule has 1 aromatic carbocycles. The van der Waals surface area contributed by atoms with Gasteiger partial charge in [-0.25, -0.2) is 0 Å². The normalized spacial score (nSPS) is 10.4. The molecule has 0 radical (unpaired) electrons. The predicted molar refractivity (Wildman–Crippen MR) is 95.8 cm³/mol. The second-order valence-electron chi connectivity index (χ2n) is 6.11. The van der Waals surface area contributed by atoms with Crippen molar-refractivity contribution in [2.45, 2.75) is 47.0 Å². The van der Waals surface area contributed by atoms with Crippen molar-refractivity contribution in [2.24, 2.45) is 0 Å². The van der Waals surface area contributed by atoms with Crippen molar-refractivity contribution in [2.75, 3.05) is 0 Å². The van der Waals surface area contributed by atoms with E-state index in [1.807, 2.05) is 38.1 Å². The highest BCUT2D eigenvalue weighted by Gasteiger charge is 2.15. The number of aromatic nitrogens is 1. The van der Waals surface area contributed by atoms with Crippen molar-refractivity contribution in [1.82, 2.24) is 4.98 Å². The summed E-state index contributed by atoms with van der Waals surface area (Å²) in [5.74, 6) is 0.268. The molecule has 5 heteroatoms. The van der Waals surface area contributed by atoms with Gasteiger partial charge in [0.1, 0.15) is 17.4 Å². The minimum atomic E-state index is -0.392. The molecule has 0 aliphatic heterocycles. The molecule has 0 aliphatic carbocycles. The lowest BCUT2D eigenvalue weighted by atomic mass is 9.99. The number of rotatable bonds is 5. The van der Waals surface area contributed by atoms with E-state index in [1.165, 1.54) is 0 Å². The quantitative estimate of drug-likeness (QED) is 0.670. The Hall–Kier alpha value is -2.87. The molecule has 5 nitrogen and oxygen atoms in total. The second-order valence-corrected chi connectivity index (χ2v) is 6.11. The van der Waals surface area contributed by atoms with Gasteiger partial charge in [-0.3, -0.25) is 9.59 Å². The fourth-order valence-electron chi connectivity index (χ4n) is 2.87. The summed E-state index contributed by atoms with van der Waals surface area (Å²) in [5, 5.41) is 9.11. The van der Waals surface area contributed by atoms with E-state index in [4.69, 9.17) is 10.00 Å². The first kappa shape index (κ1) is 18.5. The average Bonchev–Trinajstić information content (AvgIpc) is 2.55. The molecule has 1 heterocycles. The number of esters is 1. The van der Waals surface area contributed by atoms with Crippen LogP contribution in [0.4, 0.5) is 0 Å². The van der Waals surface area contributed by atoms with Crippen molar-refractivity contribution < 1.29 is 9.53 Å². The third kappa shape index (κ3) is 4.16. The number of nitrogens with one attached hydrogen (secondary N) is 1. The van der Waals surface area contributed by atoms with Gasteiger partial charge in [-0.1, -0.05) is 19.1 Å². The predicted octanol–water partition coefficient (Wildman–Crippen LogP) is 3.27. The molecule has 1 aromatic heterocycles. The van der Waals surface area contributed by atoms with Crippen LogP contribution in [0.25, 0.3) is 0 Å². The van der Waals surface area contributed by atoms with Crippen LogP contribution in [0.15, 0.2) is 23.0 Å². The molecule has 0 aliphatic rings. The molecule has 0 fully saturated rings. The van der Waals surface area contributed by atoms with Gasteiger partial charge in [0.15, 0.2) is 0 Å². The van der Waals surface area contributed by atoms with Crippen molar-refractivity contribution >= 4 is 5.97 Å². The minimum Gasteiger partial charge on any atom is -0.426 e. The number of hydrogen-bond acceptors (Lipinski definition) is 4. The number of carbonyl (C=O) groups excluding carboxylic acids is 1. The lowest BCUT2D eigenvalue weighted by molar-refractivity contribution is -0.134. The lowest BCUT2D eigenvalue weighted by Crippen LogP contribution is -2.18. The number of H-pyrrole nitrogens is 1. The van der Waals surface area contributed by atoms with Gasteiger partial charge in [0.05, 0.1) is 6.42 Å². The fourth-order valence-corrected chi connectivity index (χ4v) is 2.87.